The first-order valence-corrected chi connectivity index (χ1v) is 5.53. The number of methoxy groups -OCH3 is 1. The number of nitro groups is 1. The van der Waals surface area contributed by atoms with Gasteiger partial charge in [-0.1, -0.05) is 15.9 Å². The van der Waals surface area contributed by atoms with Crippen LogP contribution in [-0.2, 0) is 9.53 Å². The zero-order chi connectivity index (χ0) is 13.7. The molecule has 0 heterocycles. The normalized spacial score (nSPS) is 9.67. The van der Waals surface area contributed by atoms with Gasteiger partial charge in [-0.15, -0.1) is 0 Å². The first kappa shape index (κ1) is 14.1. The number of ether oxygens (including phenoxy) is 1. The number of non-ortho nitro benzene ring substituents is 1. The minimum atomic E-state index is -0.609. The number of benzene rings is 1. The second kappa shape index (κ2) is 6.10. The summed E-state index contributed by atoms with van der Waals surface area (Å²) in [6.07, 6.45) is 0. The van der Waals surface area contributed by atoms with Crippen LogP contribution in [0.1, 0.15) is 10.4 Å². The Morgan fingerprint density at radius 2 is 2.11 bits per heavy atom. The summed E-state index contributed by atoms with van der Waals surface area (Å²) in [5, 5.41) is 12.9. The lowest BCUT2D eigenvalue weighted by atomic mass is 10.2. The fraction of sp³-hybridized carbons (Fsp3) is 0.200. The molecule has 7 nitrogen and oxygen atoms in total. The van der Waals surface area contributed by atoms with E-state index in [0.717, 1.165) is 6.07 Å². The average Bonchev–Trinajstić information content (AvgIpc) is 2.34. The molecule has 1 aromatic rings. The zero-order valence-corrected chi connectivity index (χ0v) is 10.9. The van der Waals surface area contributed by atoms with Crippen LogP contribution < -0.4 is 5.32 Å². The van der Waals surface area contributed by atoms with E-state index >= 15 is 0 Å². The molecule has 0 aliphatic rings. The van der Waals surface area contributed by atoms with E-state index in [4.69, 9.17) is 0 Å². The van der Waals surface area contributed by atoms with Crippen molar-refractivity contribution in [2.75, 3.05) is 13.7 Å². The number of nitrogens with one attached hydrogen (secondary N) is 1. The Kier molecular flexibility index (Phi) is 4.78. The first-order valence-electron chi connectivity index (χ1n) is 4.74. The smallest absolute Gasteiger partial charge is 0.325 e. The lowest BCUT2D eigenvalue weighted by Gasteiger charge is -2.04. The average molecular weight is 317 g/mol. The Hall–Kier alpha value is -1.96. The maximum Gasteiger partial charge on any atom is 0.325 e. The molecular formula is C10H9BrN2O5. The molecule has 1 amide bonds. The number of nitro benzene ring substituents is 1. The number of amides is 1. The Balaban J connectivity index is 2.85. The molecule has 96 valence electrons. The lowest BCUT2D eigenvalue weighted by molar-refractivity contribution is -0.385. The van der Waals surface area contributed by atoms with Gasteiger partial charge >= 0.3 is 5.97 Å². The van der Waals surface area contributed by atoms with Gasteiger partial charge in [0, 0.05) is 22.2 Å². The number of halogens is 1. The molecule has 0 unspecified atom stereocenters. The van der Waals surface area contributed by atoms with Gasteiger partial charge in [-0.25, -0.2) is 0 Å². The molecule has 0 atom stereocenters. The third-order valence-electron chi connectivity index (χ3n) is 1.98. The molecule has 0 saturated carbocycles. The second-order valence-electron chi connectivity index (χ2n) is 3.21. The largest absolute Gasteiger partial charge is 0.468 e. The Morgan fingerprint density at radius 3 is 2.67 bits per heavy atom. The van der Waals surface area contributed by atoms with E-state index in [9.17, 15) is 19.7 Å². The topological polar surface area (TPSA) is 98.5 Å². The molecular weight excluding hydrogens is 308 g/mol. The number of carbonyl (C=O) groups is 2. The molecule has 1 aromatic carbocycles. The number of rotatable bonds is 4. The Morgan fingerprint density at radius 1 is 1.44 bits per heavy atom. The van der Waals surface area contributed by atoms with Crippen LogP contribution in [0, 0.1) is 10.1 Å². The Labute approximate surface area is 110 Å². The maximum absolute atomic E-state index is 11.6. The summed E-state index contributed by atoms with van der Waals surface area (Å²) in [6, 6.07) is 3.81. The van der Waals surface area contributed by atoms with Crippen LogP contribution in [-0.4, -0.2) is 30.5 Å². The van der Waals surface area contributed by atoms with E-state index in [-0.39, 0.29) is 17.8 Å². The van der Waals surface area contributed by atoms with Gasteiger partial charge in [0.25, 0.3) is 11.6 Å². The first-order chi connectivity index (χ1) is 8.43. The van der Waals surface area contributed by atoms with Crippen molar-refractivity contribution in [1.82, 2.24) is 5.32 Å². The molecule has 0 aliphatic carbocycles. The van der Waals surface area contributed by atoms with E-state index in [1.165, 1.54) is 19.2 Å². The van der Waals surface area contributed by atoms with E-state index in [1.54, 1.807) is 0 Å². The Bertz CT molecular complexity index is 503. The minimum Gasteiger partial charge on any atom is -0.468 e. The van der Waals surface area contributed by atoms with E-state index in [2.05, 4.69) is 26.0 Å². The SMILES string of the molecule is COC(=O)CNC(=O)c1cc(Br)cc([N+](=O)[O-])c1. The van der Waals surface area contributed by atoms with E-state index < -0.39 is 16.8 Å². The molecule has 8 heteroatoms. The molecule has 0 saturated heterocycles. The standard InChI is InChI=1S/C10H9BrN2O5/c1-18-9(14)5-12-10(15)6-2-7(11)4-8(3-6)13(16)17/h2-4H,5H2,1H3,(H,12,15). The number of nitrogens with zero attached hydrogens (tertiary/aromatic N) is 1. The van der Waals surface area contributed by atoms with Crippen LogP contribution in [0.5, 0.6) is 0 Å². The quantitative estimate of drug-likeness (QED) is 0.512. The van der Waals surface area contributed by atoms with Crippen molar-refractivity contribution in [2.45, 2.75) is 0 Å². The summed E-state index contributed by atoms with van der Waals surface area (Å²) in [4.78, 5) is 32.5. The molecule has 0 aromatic heterocycles. The lowest BCUT2D eigenvalue weighted by Crippen LogP contribution is -2.30. The van der Waals surface area contributed by atoms with Gasteiger partial charge < -0.3 is 10.1 Å². The fourth-order valence-electron chi connectivity index (χ4n) is 1.14. The summed E-state index contributed by atoms with van der Waals surface area (Å²) < 4.78 is 4.75. The van der Waals surface area contributed by atoms with Gasteiger partial charge in [-0.05, 0) is 6.07 Å². The fourth-order valence-corrected chi connectivity index (χ4v) is 1.62. The van der Waals surface area contributed by atoms with Crippen molar-refractivity contribution in [3.8, 4) is 0 Å². The zero-order valence-electron chi connectivity index (χ0n) is 9.31. The third kappa shape index (κ3) is 3.81. The summed E-state index contributed by atoms with van der Waals surface area (Å²) in [7, 11) is 1.19. The van der Waals surface area contributed by atoms with Crippen LogP contribution >= 0.6 is 15.9 Å². The monoisotopic (exact) mass is 316 g/mol. The molecule has 0 aliphatic heterocycles. The summed E-state index contributed by atoms with van der Waals surface area (Å²) in [6.45, 7) is -0.296. The highest BCUT2D eigenvalue weighted by atomic mass is 79.9. The second-order valence-corrected chi connectivity index (χ2v) is 4.13. The van der Waals surface area contributed by atoms with Crippen molar-refractivity contribution in [2.24, 2.45) is 0 Å². The van der Waals surface area contributed by atoms with Crippen LogP contribution in [0.25, 0.3) is 0 Å². The highest BCUT2D eigenvalue weighted by molar-refractivity contribution is 9.10. The summed E-state index contributed by atoms with van der Waals surface area (Å²) >= 11 is 3.07. The number of hydrogen-bond acceptors (Lipinski definition) is 5. The number of carbonyl (C=O) groups excluding carboxylic acids is 2. The van der Waals surface area contributed by atoms with Gasteiger partial charge in [0.15, 0.2) is 0 Å². The van der Waals surface area contributed by atoms with Crippen LogP contribution in [0.2, 0.25) is 0 Å². The van der Waals surface area contributed by atoms with E-state index in [1.807, 2.05) is 0 Å². The van der Waals surface area contributed by atoms with Crippen molar-refractivity contribution in [3.05, 3.63) is 38.3 Å². The minimum absolute atomic E-state index is 0.0833. The summed E-state index contributed by atoms with van der Waals surface area (Å²) in [5.74, 6) is -1.20. The molecule has 0 spiro atoms. The molecule has 0 bridgehead atoms. The van der Waals surface area contributed by atoms with Crippen molar-refractivity contribution >= 4 is 33.5 Å². The number of hydrogen-bond donors (Lipinski definition) is 1. The van der Waals surface area contributed by atoms with Crippen molar-refractivity contribution < 1.29 is 19.2 Å². The molecule has 18 heavy (non-hydrogen) atoms. The van der Waals surface area contributed by atoms with Crippen molar-refractivity contribution in [1.29, 1.82) is 0 Å². The molecule has 1 N–H and O–H groups in total. The molecule has 0 radical (unpaired) electrons. The predicted octanol–water partition coefficient (Wildman–Crippen LogP) is 1.26. The molecule has 1 rings (SSSR count). The van der Waals surface area contributed by atoms with Crippen LogP contribution in [0.3, 0.4) is 0 Å². The van der Waals surface area contributed by atoms with E-state index in [0.29, 0.717) is 4.47 Å². The highest BCUT2D eigenvalue weighted by Crippen LogP contribution is 2.21. The number of esters is 1. The van der Waals surface area contributed by atoms with Gasteiger partial charge in [-0.3, -0.25) is 19.7 Å². The highest BCUT2D eigenvalue weighted by Gasteiger charge is 2.14. The maximum atomic E-state index is 11.6. The van der Waals surface area contributed by atoms with Gasteiger partial charge in [-0.2, -0.15) is 0 Å². The summed E-state index contributed by atoms with van der Waals surface area (Å²) in [5.41, 5.74) is -0.132. The van der Waals surface area contributed by atoms with Crippen molar-refractivity contribution in [3.63, 3.8) is 0 Å². The molecule has 0 fully saturated rings. The van der Waals surface area contributed by atoms with Crippen LogP contribution in [0.15, 0.2) is 22.7 Å². The predicted molar refractivity (Wildman–Crippen MR) is 65.1 cm³/mol. The van der Waals surface area contributed by atoms with Gasteiger partial charge in [0.1, 0.15) is 6.54 Å². The van der Waals surface area contributed by atoms with Crippen LogP contribution in [0.4, 0.5) is 5.69 Å². The van der Waals surface area contributed by atoms with Gasteiger partial charge in [0.2, 0.25) is 0 Å². The van der Waals surface area contributed by atoms with Gasteiger partial charge in [0.05, 0.1) is 12.0 Å². The third-order valence-corrected chi connectivity index (χ3v) is 2.43.